The molecule has 0 spiro atoms. The van der Waals surface area contributed by atoms with Gasteiger partial charge in [0.1, 0.15) is 19.3 Å². The van der Waals surface area contributed by atoms with Gasteiger partial charge in [-0.25, -0.2) is 8.42 Å². The number of piperazine rings is 1. The summed E-state index contributed by atoms with van der Waals surface area (Å²) in [5, 5.41) is 0. The normalized spacial score (nSPS) is 19.2. The lowest BCUT2D eigenvalue weighted by Crippen LogP contribution is -2.55. The van der Waals surface area contributed by atoms with Crippen molar-refractivity contribution in [3.05, 3.63) is 53.6 Å². The molecule has 0 aromatic heterocycles. The van der Waals surface area contributed by atoms with Crippen molar-refractivity contribution in [2.45, 2.75) is 17.9 Å². The van der Waals surface area contributed by atoms with Gasteiger partial charge in [-0.3, -0.25) is 19.3 Å². The number of ether oxygens (including phenoxy) is 2. The number of carbonyl (C=O) groups excluding carboxylic acids is 3. The second kappa shape index (κ2) is 8.41. The van der Waals surface area contributed by atoms with Crippen molar-refractivity contribution in [1.29, 1.82) is 0 Å². The maximum atomic E-state index is 13.1. The van der Waals surface area contributed by atoms with E-state index in [1.54, 1.807) is 30.3 Å². The molecule has 0 unspecified atom stereocenters. The van der Waals surface area contributed by atoms with Crippen molar-refractivity contribution < 1.29 is 32.3 Å². The van der Waals surface area contributed by atoms with Crippen molar-refractivity contribution >= 4 is 27.7 Å². The Bertz CT molecular complexity index is 1250. The lowest BCUT2D eigenvalue weighted by Gasteiger charge is -2.36. The van der Waals surface area contributed by atoms with Crippen LogP contribution in [0.4, 0.5) is 0 Å². The van der Waals surface area contributed by atoms with E-state index in [2.05, 4.69) is 0 Å². The Hall–Kier alpha value is -3.44. The average Bonchev–Trinajstić information content (AvgIpc) is 3.12. The lowest BCUT2D eigenvalue weighted by molar-refractivity contribution is -0.136. The van der Waals surface area contributed by atoms with Crippen molar-refractivity contribution in [2.24, 2.45) is 0 Å². The molecule has 3 heterocycles. The van der Waals surface area contributed by atoms with Crippen LogP contribution in [0.5, 0.6) is 11.5 Å². The highest BCUT2D eigenvalue weighted by molar-refractivity contribution is 7.89. The van der Waals surface area contributed by atoms with Gasteiger partial charge in [-0.1, -0.05) is 12.1 Å². The summed E-state index contributed by atoms with van der Waals surface area (Å²) < 4.78 is 38.5. The molecule has 0 aliphatic carbocycles. The molecule has 5 rings (SSSR count). The topological polar surface area (TPSA) is 114 Å². The van der Waals surface area contributed by atoms with E-state index < -0.39 is 33.8 Å². The van der Waals surface area contributed by atoms with Crippen LogP contribution in [0.3, 0.4) is 0 Å². The summed E-state index contributed by atoms with van der Waals surface area (Å²) in [6.45, 7) is 2.76. The van der Waals surface area contributed by atoms with Crippen molar-refractivity contribution in [3.8, 4) is 11.5 Å². The third-order valence-corrected chi connectivity index (χ3v) is 8.17. The van der Waals surface area contributed by atoms with Crippen LogP contribution >= 0.6 is 0 Å². The summed E-state index contributed by atoms with van der Waals surface area (Å²) in [6, 6.07) is 9.97. The lowest BCUT2D eigenvalue weighted by atomic mass is 10.1. The molecule has 10 nitrogen and oxygen atoms in total. The van der Waals surface area contributed by atoms with Gasteiger partial charge in [0.25, 0.3) is 11.8 Å². The highest BCUT2D eigenvalue weighted by Gasteiger charge is 2.42. The van der Waals surface area contributed by atoms with Gasteiger partial charge in [-0.2, -0.15) is 4.31 Å². The van der Waals surface area contributed by atoms with Crippen LogP contribution in [0.25, 0.3) is 0 Å². The van der Waals surface area contributed by atoms with Gasteiger partial charge in [-0.05, 0) is 31.2 Å². The number of amides is 3. The van der Waals surface area contributed by atoms with Crippen molar-refractivity contribution in [3.63, 3.8) is 0 Å². The first-order valence-corrected chi connectivity index (χ1v) is 12.4. The number of imide groups is 1. The van der Waals surface area contributed by atoms with Crippen LogP contribution in [0.2, 0.25) is 0 Å². The third kappa shape index (κ3) is 3.61. The van der Waals surface area contributed by atoms with Gasteiger partial charge in [0.05, 0.1) is 16.0 Å². The first kappa shape index (κ1) is 22.4. The highest BCUT2D eigenvalue weighted by atomic mass is 32.2. The van der Waals surface area contributed by atoms with Gasteiger partial charge < -0.3 is 14.4 Å². The van der Waals surface area contributed by atoms with Gasteiger partial charge in [0.15, 0.2) is 11.5 Å². The predicted molar refractivity (Wildman–Crippen MR) is 119 cm³/mol. The summed E-state index contributed by atoms with van der Waals surface area (Å²) in [5.74, 6) is -0.507. The minimum atomic E-state index is -3.79. The quantitative estimate of drug-likeness (QED) is 0.593. The Morgan fingerprint density at radius 1 is 0.882 bits per heavy atom. The number of hydrogen-bond acceptors (Lipinski definition) is 7. The van der Waals surface area contributed by atoms with Crippen LogP contribution in [0.15, 0.2) is 47.4 Å². The molecule has 0 N–H and O–H groups in total. The first-order chi connectivity index (χ1) is 16.3. The summed E-state index contributed by atoms with van der Waals surface area (Å²) in [7, 11) is -3.79. The standard InChI is InChI=1S/C23H23N3O7S/c1-15(26-22(28)17-4-2-3-5-18(17)23(26)29)21(27)24-8-10-25(11-9-24)34(30,31)16-6-7-19-20(14-16)33-13-12-32-19/h2-7,14-15H,8-13H2,1H3/t15-/m1/s1. The molecule has 3 aliphatic rings. The van der Waals surface area contributed by atoms with Gasteiger partial charge >= 0.3 is 0 Å². The Morgan fingerprint density at radius 2 is 1.47 bits per heavy atom. The van der Waals surface area contributed by atoms with Gasteiger partial charge in [0, 0.05) is 32.2 Å². The molecule has 1 atom stereocenters. The van der Waals surface area contributed by atoms with E-state index in [4.69, 9.17) is 9.47 Å². The van der Waals surface area contributed by atoms with Crippen LogP contribution < -0.4 is 9.47 Å². The van der Waals surface area contributed by atoms with Crippen molar-refractivity contribution in [1.82, 2.24) is 14.1 Å². The summed E-state index contributed by atoms with van der Waals surface area (Å²) >= 11 is 0. The Labute approximate surface area is 196 Å². The molecule has 0 radical (unpaired) electrons. The summed E-state index contributed by atoms with van der Waals surface area (Å²) in [4.78, 5) is 41.1. The fourth-order valence-corrected chi connectivity index (χ4v) is 5.85. The van der Waals surface area contributed by atoms with E-state index in [1.807, 2.05) is 0 Å². The average molecular weight is 486 g/mol. The molecule has 3 aliphatic heterocycles. The molecule has 3 amide bonds. The number of carbonyl (C=O) groups is 3. The number of fused-ring (bicyclic) bond motifs is 2. The smallest absolute Gasteiger partial charge is 0.262 e. The van der Waals surface area contributed by atoms with E-state index in [9.17, 15) is 22.8 Å². The molecule has 34 heavy (non-hydrogen) atoms. The minimum absolute atomic E-state index is 0.0934. The molecule has 1 saturated heterocycles. The third-order valence-electron chi connectivity index (χ3n) is 6.27. The number of hydrogen-bond donors (Lipinski definition) is 0. The minimum Gasteiger partial charge on any atom is -0.486 e. The van der Waals surface area contributed by atoms with Crippen LogP contribution in [-0.4, -0.2) is 85.7 Å². The van der Waals surface area contributed by atoms with E-state index >= 15 is 0 Å². The predicted octanol–water partition coefficient (Wildman–Crippen LogP) is 0.975. The molecule has 0 bridgehead atoms. The summed E-state index contributed by atoms with van der Waals surface area (Å²) in [6.07, 6.45) is 0. The zero-order valence-corrected chi connectivity index (χ0v) is 19.3. The largest absolute Gasteiger partial charge is 0.486 e. The molecule has 2 aromatic carbocycles. The van der Waals surface area contributed by atoms with Crippen LogP contribution in [0, 0.1) is 0 Å². The number of benzene rings is 2. The molecular formula is C23H23N3O7S. The fraction of sp³-hybridized carbons (Fsp3) is 0.348. The summed E-state index contributed by atoms with van der Waals surface area (Å²) in [5.41, 5.74) is 0.560. The van der Waals surface area contributed by atoms with E-state index in [1.165, 1.54) is 28.3 Å². The van der Waals surface area contributed by atoms with Gasteiger partial charge in [-0.15, -0.1) is 0 Å². The van der Waals surface area contributed by atoms with Gasteiger partial charge in [0.2, 0.25) is 15.9 Å². The Kier molecular flexibility index (Phi) is 5.53. The molecular weight excluding hydrogens is 462 g/mol. The molecule has 178 valence electrons. The molecule has 1 fully saturated rings. The second-order valence-electron chi connectivity index (χ2n) is 8.24. The molecule has 11 heteroatoms. The van der Waals surface area contributed by atoms with E-state index in [0.717, 1.165) is 4.90 Å². The van der Waals surface area contributed by atoms with Crippen LogP contribution in [-0.2, 0) is 14.8 Å². The maximum Gasteiger partial charge on any atom is 0.262 e. The maximum absolute atomic E-state index is 13.1. The monoisotopic (exact) mass is 485 g/mol. The highest BCUT2D eigenvalue weighted by Crippen LogP contribution is 2.33. The van der Waals surface area contributed by atoms with E-state index in [0.29, 0.717) is 24.7 Å². The van der Waals surface area contributed by atoms with Crippen molar-refractivity contribution in [2.75, 3.05) is 39.4 Å². The Morgan fingerprint density at radius 3 is 2.09 bits per heavy atom. The molecule has 2 aromatic rings. The molecule has 0 saturated carbocycles. The fourth-order valence-electron chi connectivity index (χ4n) is 4.42. The second-order valence-corrected chi connectivity index (χ2v) is 10.2. The SMILES string of the molecule is C[C@H](C(=O)N1CCN(S(=O)(=O)c2ccc3c(c2)OCCO3)CC1)N1C(=O)c2ccccc2C1=O. The number of sulfonamides is 1. The first-order valence-electron chi connectivity index (χ1n) is 10.9. The zero-order valence-electron chi connectivity index (χ0n) is 18.5. The van der Waals surface area contributed by atoms with E-state index in [-0.39, 0.29) is 42.2 Å². The Balaban J connectivity index is 1.26. The zero-order chi connectivity index (χ0) is 24.0. The van der Waals surface area contributed by atoms with Crippen LogP contribution in [0.1, 0.15) is 27.6 Å². The number of rotatable bonds is 4. The number of nitrogens with zero attached hydrogens (tertiary/aromatic N) is 3.